The average Bonchev–Trinajstić information content (AvgIpc) is 2.73. The number of carbonyl (C=O) groups is 1. The number of carboxylic acids is 1. The lowest BCUT2D eigenvalue weighted by atomic mass is 10.1. The van der Waals surface area contributed by atoms with E-state index in [4.69, 9.17) is 5.11 Å². The van der Waals surface area contributed by atoms with E-state index in [1.807, 2.05) is 11.5 Å². The Morgan fingerprint density at radius 2 is 2.05 bits per heavy atom. The van der Waals surface area contributed by atoms with Crippen LogP contribution in [-0.2, 0) is 11.3 Å². The molecule has 0 atom stereocenters. The van der Waals surface area contributed by atoms with Gasteiger partial charge in [-0.1, -0.05) is 13.0 Å². The Balaban J connectivity index is 2.36. The van der Waals surface area contributed by atoms with Gasteiger partial charge in [-0.2, -0.15) is 0 Å². The molecule has 0 aliphatic heterocycles. The molecule has 2 rings (SSSR count). The molecule has 100 valence electrons. The molecule has 0 aliphatic rings. The van der Waals surface area contributed by atoms with Gasteiger partial charge in [-0.15, -0.1) is 0 Å². The number of fused-ring (bicyclic) bond motifs is 1. The van der Waals surface area contributed by atoms with Crippen LogP contribution >= 0.6 is 0 Å². The Morgan fingerprint density at radius 1 is 1.37 bits per heavy atom. The number of rotatable bonds is 4. The number of allylic oxidation sites excluding steroid dienone is 1. The van der Waals surface area contributed by atoms with Gasteiger partial charge in [-0.05, 0) is 43.5 Å². The molecule has 0 aliphatic carbocycles. The van der Waals surface area contributed by atoms with Crippen LogP contribution in [0.1, 0.15) is 24.5 Å². The van der Waals surface area contributed by atoms with E-state index in [1.54, 1.807) is 12.4 Å². The van der Waals surface area contributed by atoms with Crippen LogP contribution in [0.25, 0.3) is 11.0 Å². The summed E-state index contributed by atoms with van der Waals surface area (Å²) in [7, 11) is 0. The zero-order chi connectivity index (χ0) is 14.0. The lowest BCUT2D eigenvalue weighted by Gasteiger charge is -2.04. The summed E-state index contributed by atoms with van der Waals surface area (Å²) in [6.07, 6.45) is 4.04. The lowest BCUT2D eigenvalue weighted by Crippen LogP contribution is -2.02. The molecule has 1 aromatic carbocycles. The van der Waals surface area contributed by atoms with Crippen LogP contribution in [0.2, 0.25) is 0 Å². The summed E-state index contributed by atoms with van der Waals surface area (Å²) in [4.78, 5) is 15.3. The maximum Gasteiger partial charge on any atom is 0.331 e. The monoisotopic (exact) mass is 258 g/mol. The van der Waals surface area contributed by atoms with Crippen LogP contribution in [0.15, 0.2) is 30.1 Å². The second-order valence-electron chi connectivity index (χ2n) is 4.71. The maximum absolute atomic E-state index is 11.0. The standard InChI is InChI=1S/C15H18N2O2/c1-4-12(15(18)19)5-6-17-9-16-13-7-10(2)11(3)8-14(13)17/h5,7-9H,4,6H2,1-3H3,(H,18,19). The number of aromatic nitrogens is 2. The van der Waals surface area contributed by atoms with Crippen LogP contribution in [0.5, 0.6) is 0 Å². The normalized spacial score (nSPS) is 12.1. The van der Waals surface area contributed by atoms with Gasteiger partial charge in [0.15, 0.2) is 0 Å². The van der Waals surface area contributed by atoms with Crippen molar-refractivity contribution >= 4 is 17.0 Å². The molecule has 19 heavy (non-hydrogen) atoms. The second-order valence-corrected chi connectivity index (χ2v) is 4.71. The summed E-state index contributed by atoms with van der Waals surface area (Å²) in [6.45, 7) is 6.51. The van der Waals surface area contributed by atoms with Gasteiger partial charge >= 0.3 is 5.97 Å². The minimum atomic E-state index is -0.848. The van der Waals surface area contributed by atoms with E-state index in [9.17, 15) is 4.79 Å². The molecular weight excluding hydrogens is 240 g/mol. The van der Waals surface area contributed by atoms with Crippen molar-refractivity contribution in [3.05, 3.63) is 41.2 Å². The third-order valence-corrected chi connectivity index (χ3v) is 3.43. The highest BCUT2D eigenvalue weighted by Gasteiger charge is 2.06. The molecular formula is C15H18N2O2. The molecule has 0 saturated heterocycles. The summed E-state index contributed by atoms with van der Waals surface area (Å²) in [5.74, 6) is -0.848. The zero-order valence-corrected chi connectivity index (χ0v) is 11.5. The van der Waals surface area contributed by atoms with Crippen LogP contribution in [0, 0.1) is 13.8 Å². The minimum absolute atomic E-state index is 0.436. The van der Waals surface area contributed by atoms with Gasteiger partial charge in [0.2, 0.25) is 0 Å². The van der Waals surface area contributed by atoms with Crippen molar-refractivity contribution < 1.29 is 9.90 Å². The maximum atomic E-state index is 11.0. The molecule has 4 nitrogen and oxygen atoms in total. The SMILES string of the molecule is CCC(=CCn1cnc2cc(C)c(C)cc21)C(=O)O. The van der Waals surface area contributed by atoms with Gasteiger partial charge in [-0.25, -0.2) is 9.78 Å². The summed E-state index contributed by atoms with van der Waals surface area (Å²) < 4.78 is 1.97. The van der Waals surface area contributed by atoms with Gasteiger partial charge in [0.05, 0.1) is 17.4 Å². The third kappa shape index (κ3) is 2.67. The van der Waals surface area contributed by atoms with E-state index in [-0.39, 0.29) is 0 Å². The topological polar surface area (TPSA) is 55.1 Å². The van der Waals surface area contributed by atoms with E-state index >= 15 is 0 Å². The number of aliphatic carboxylic acids is 1. The first-order valence-corrected chi connectivity index (χ1v) is 6.37. The fraction of sp³-hybridized carbons (Fsp3) is 0.333. The van der Waals surface area contributed by atoms with Crippen molar-refractivity contribution in [3.8, 4) is 0 Å². The van der Waals surface area contributed by atoms with Crippen molar-refractivity contribution in [2.24, 2.45) is 0 Å². The highest BCUT2D eigenvalue weighted by molar-refractivity contribution is 5.86. The Labute approximate surface area is 112 Å². The minimum Gasteiger partial charge on any atom is -0.478 e. The molecule has 4 heteroatoms. The molecule has 1 N–H and O–H groups in total. The van der Waals surface area contributed by atoms with Gasteiger partial charge in [0, 0.05) is 12.1 Å². The first-order chi connectivity index (χ1) is 9.02. The Hall–Kier alpha value is -2.10. The summed E-state index contributed by atoms with van der Waals surface area (Å²) >= 11 is 0. The predicted molar refractivity (Wildman–Crippen MR) is 75.2 cm³/mol. The number of imidazole rings is 1. The molecule has 0 fully saturated rings. The number of hydrogen-bond donors (Lipinski definition) is 1. The zero-order valence-electron chi connectivity index (χ0n) is 11.5. The average molecular weight is 258 g/mol. The van der Waals surface area contributed by atoms with Crippen molar-refractivity contribution in [2.75, 3.05) is 0 Å². The first-order valence-electron chi connectivity index (χ1n) is 6.37. The fourth-order valence-electron chi connectivity index (χ4n) is 2.05. The van der Waals surface area contributed by atoms with Gasteiger partial charge in [-0.3, -0.25) is 0 Å². The molecule has 0 unspecified atom stereocenters. The number of carboxylic acid groups (broad SMARTS) is 1. The lowest BCUT2D eigenvalue weighted by molar-refractivity contribution is -0.132. The van der Waals surface area contributed by atoms with Crippen LogP contribution in [0.4, 0.5) is 0 Å². The Bertz CT molecular complexity index is 653. The molecule has 0 radical (unpaired) electrons. The number of benzene rings is 1. The highest BCUT2D eigenvalue weighted by atomic mass is 16.4. The van der Waals surface area contributed by atoms with E-state index in [1.165, 1.54) is 11.1 Å². The number of nitrogens with zero attached hydrogens (tertiary/aromatic N) is 2. The van der Waals surface area contributed by atoms with E-state index in [0.29, 0.717) is 18.5 Å². The summed E-state index contributed by atoms with van der Waals surface area (Å²) in [5.41, 5.74) is 4.86. The molecule has 0 bridgehead atoms. The molecule has 0 spiro atoms. The van der Waals surface area contributed by atoms with Gasteiger partial charge in [0.25, 0.3) is 0 Å². The van der Waals surface area contributed by atoms with Crippen molar-refractivity contribution in [1.29, 1.82) is 0 Å². The number of hydrogen-bond acceptors (Lipinski definition) is 2. The molecule has 2 aromatic rings. The molecule has 1 heterocycles. The molecule has 1 aromatic heterocycles. The predicted octanol–water partition coefficient (Wildman–Crippen LogP) is 3.07. The molecule has 0 amide bonds. The van der Waals surface area contributed by atoms with Crippen LogP contribution < -0.4 is 0 Å². The first kappa shape index (κ1) is 13.3. The van der Waals surface area contributed by atoms with Crippen molar-refractivity contribution in [2.45, 2.75) is 33.7 Å². The van der Waals surface area contributed by atoms with Crippen LogP contribution in [-0.4, -0.2) is 20.6 Å². The largest absolute Gasteiger partial charge is 0.478 e. The van der Waals surface area contributed by atoms with Crippen molar-refractivity contribution in [1.82, 2.24) is 9.55 Å². The van der Waals surface area contributed by atoms with Crippen LogP contribution in [0.3, 0.4) is 0 Å². The Kier molecular flexibility index (Phi) is 3.69. The second kappa shape index (κ2) is 5.26. The summed E-state index contributed by atoms with van der Waals surface area (Å²) in [5, 5.41) is 9.00. The van der Waals surface area contributed by atoms with E-state index in [2.05, 4.69) is 31.0 Å². The quantitative estimate of drug-likeness (QED) is 0.857. The van der Waals surface area contributed by atoms with Crippen molar-refractivity contribution in [3.63, 3.8) is 0 Å². The van der Waals surface area contributed by atoms with E-state index < -0.39 is 5.97 Å². The Morgan fingerprint density at radius 3 is 2.68 bits per heavy atom. The van der Waals surface area contributed by atoms with E-state index in [0.717, 1.165) is 11.0 Å². The number of aryl methyl sites for hydroxylation is 2. The highest BCUT2D eigenvalue weighted by Crippen LogP contribution is 2.18. The van der Waals surface area contributed by atoms with Gasteiger partial charge < -0.3 is 9.67 Å². The van der Waals surface area contributed by atoms with Gasteiger partial charge in [0.1, 0.15) is 0 Å². The fourth-order valence-corrected chi connectivity index (χ4v) is 2.05. The third-order valence-electron chi connectivity index (χ3n) is 3.43. The molecule has 0 saturated carbocycles. The summed E-state index contributed by atoms with van der Waals surface area (Å²) in [6, 6.07) is 4.15. The smallest absolute Gasteiger partial charge is 0.331 e.